The fourth-order valence-electron chi connectivity index (χ4n) is 4.99. The first-order chi connectivity index (χ1) is 13.2. The molecular weight excluding hydrogens is 438 g/mol. The number of thioether (sulfide) groups is 1. The smallest absolute Gasteiger partial charge is 0.230 e. The summed E-state index contributed by atoms with van der Waals surface area (Å²) in [5, 5.41) is 12.2. The first-order valence-electron chi connectivity index (χ1n) is 9.61. The van der Waals surface area contributed by atoms with Gasteiger partial charge in [0.1, 0.15) is 0 Å². The van der Waals surface area contributed by atoms with E-state index in [0.717, 1.165) is 16.5 Å². The third kappa shape index (κ3) is 3.05. The van der Waals surface area contributed by atoms with Gasteiger partial charge in [-0.3, -0.25) is 4.79 Å². The monoisotopic (exact) mass is 463 g/mol. The molecule has 2 aliphatic carbocycles. The maximum absolute atomic E-state index is 12.6. The van der Waals surface area contributed by atoms with Crippen molar-refractivity contribution in [2.75, 3.05) is 11.6 Å². The van der Waals surface area contributed by atoms with Gasteiger partial charge in [-0.05, 0) is 48.1 Å². The molecule has 150 valence electrons. The van der Waals surface area contributed by atoms with Crippen LogP contribution in [0.5, 0.6) is 0 Å². The molecule has 2 bridgehead atoms. The normalized spacial score (nSPS) is 27.9. The Morgan fingerprint density at radius 2 is 2.11 bits per heavy atom. The largest absolute Gasteiger partial charge is 0.352 e. The van der Waals surface area contributed by atoms with Crippen LogP contribution in [0, 0.1) is 16.7 Å². The van der Waals surface area contributed by atoms with Gasteiger partial charge < -0.3 is 11.2 Å². The summed E-state index contributed by atoms with van der Waals surface area (Å²) < 4.78 is 2.34. The van der Waals surface area contributed by atoms with Gasteiger partial charge in [0.15, 0.2) is 5.82 Å². The molecule has 3 N–H and O–H groups in total. The highest BCUT2D eigenvalue weighted by atomic mass is 79.9. The van der Waals surface area contributed by atoms with Crippen molar-refractivity contribution in [1.82, 2.24) is 20.2 Å². The highest BCUT2D eigenvalue weighted by molar-refractivity contribution is 9.10. The van der Waals surface area contributed by atoms with Gasteiger partial charge in [-0.15, -0.1) is 10.2 Å². The Balaban J connectivity index is 1.40. The summed E-state index contributed by atoms with van der Waals surface area (Å²) in [6.45, 7) is 7.04. The average Bonchev–Trinajstić information content (AvgIpc) is 3.18. The lowest BCUT2D eigenvalue weighted by atomic mass is 9.69. The standard InChI is InChI=1S/C20H26BrN5OS/c1-19(2)12-8-9-20(19,3)15(10-12)23-16(27)11-28-18-25-24-17(26(18)22)13-6-4-5-7-14(13)21/h4-7,12,15H,8-11,22H2,1-3H3,(H,23,27). The Labute approximate surface area is 178 Å². The summed E-state index contributed by atoms with van der Waals surface area (Å²) in [7, 11) is 0. The zero-order valence-corrected chi connectivity index (χ0v) is 18.8. The second kappa shape index (κ2) is 7.06. The fourth-order valence-corrected chi connectivity index (χ4v) is 6.12. The molecular formula is C20H26BrN5OS. The van der Waals surface area contributed by atoms with E-state index in [-0.39, 0.29) is 28.5 Å². The van der Waals surface area contributed by atoms with Gasteiger partial charge in [0, 0.05) is 16.1 Å². The SMILES string of the molecule is CC1(C)C2CCC1(C)C(NC(=O)CSc1nnc(-c3ccccc3Br)n1N)C2. The number of nitrogens with zero attached hydrogens (tertiary/aromatic N) is 3. The Hall–Kier alpha value is -1.54. The number of fused-ring (bicyclic) bond motifs is 2. The summed E-state index contributed by atoms with van der Waals surface area (Å²) in [5.41, 5.74) is 1.33. The van der Waals surface area contributed by atoms with Gasteiger partial charge in [-0.25, -0.2) is 4.68 Å². The van der Waals surface area contributed by atoms with Crippen molar-refractivity contribution in [2.24, 2.45) is 16.7 Å². The lowest BCUT2D eigenvalue weighted by Crippen LogP contribution is -2.47. The molecule has 8 heteroatoms. The van der Waals surface area contributed by atoms with Crippen LogP contribution in [0.2, 0.25) is 0 Å². The zero-order valence-electron chi connectivity index (χ0n) is 16.4. The number of nitrogens with one attached hydrogen (secondary N) is 1. The quantitative estimate of drug-likeness (QED) is 0.519. The van der Waals surface area contributed by atoms with Gasteiger partial charge in [0.2, 0.25) is 11.1 Å². The van der Waals surface area contributed by atoms with E-state index in [1.807, 2.05) is 24.3 Å². The highest BCUT2D eigenvalue weighted by Crippen LogP contribution is 2.65. The number of rotatable bonds is 5. The number of nitrogen functional groups attached to an aromatic ring is 1. The number of hydrogen-bond donors (Lipinski definition) is 2. The van der Waals surface area contributed by atoms with Crippen LogP contribution < -0.4 is 11.2 Å². The minimum Gasteiger partial charge on any atom is -0.352 e. The van der Waals surface area contributed by atoms with Crippen LogP contribution in [-0.2, 0) is 4.79 Å². The third-order valence-electron chi connectivity index (χ3n) is 7.24. The third-order valence-corrected chi connectivity index (χ3v) is 8.88. The predicted octanol–water partition coefficient (Wildman–Crippen LogP) is 3.84. The van der Waals surface area contributed by atoms with Crippen LogP contribution in [-0.4, -0.2) is 32.6 Å². The molecule has 28 heavy (non-hydrogen) atoms. The number of nitrogens with two attached hydrogens (primary N) is 1. The number of benzene rings is 1. The Morgan fingerprint density at radius 1 is 1.36 bits per heavy atom. The van der Waals surface area contributed by atoms with Gasteiger partial charge in [-0.1, -0.05) is 60.6 Å². The van der Waals surface area contributed by atoms with Gasteiger partial charge in [0.25, 0.3) is 0 Å². The van der Waals surface area contributed by atoms with Gasteiger partial charge in [0.05, 0.1) is 5.75 Å². The van der Waals surface area contributed by atoms with Crippen molar-refractivity contribution in [1.29, 1.82) is 0 Å². The molecule has 2 saturated carbocycles. The van der Waals surface area contributed by atoms with Crippen LogP contribution in [0.1, 0.15) is 40.0 Å². The summed E-state index contributed by atoms with van der Waals surface area (Å²) in [5.74, 6) is 7.76. The number of amides is 1. The van der Waals surface area contributed by atoms with E-state index in [1.54, 1.807) is 0 Å². The zero-order chi connectivity index (χ0) is 20.1. The van der Waals surface area contributed by atoms with Crippen LogP contribution in [0.4, 0.5) is 0 Å². The van der Waals surface area contributed by atoms with E-state index >= 15 is 0 Å². The van der Waals surface area contributed by atoms with Crippen LogP contribution >= 0.6 is 27.7 Å². The molecule has 3 unspecified atom stereocenters. The van der Waals surface area contributed by atoms with Crippen molar-refractivity contribution in [3.63, 3.8) is 0 Å². The molecule has 2 fully saturated rings. The minimum atomic E-state index is 0.0324. The summed E-state index contributed by atoms with van der Waals surface area (Å²) in [4.78, 5) is 12.6. The molecule has 1 aromatic carbocycles. The lowest BCUT2D eigenvalue weighted by molar-refractivity contribution is -0.120. The van der Waals surface area contributed by atoms with Crippen LogP contribution in [0.3, 0.4) is 0 Å². The summed E-state index contributed by atoms with van der Waals surface area (Å²) >= 11 is 4.83. The van der Waals surface area contributed by atoms with E-state index in [2.05, 4.69) is 52.2 Å². The highest BCUT2D eigenvalue weighted by Gasteiger charge is 2.61. The van der Waals surface area contributed by atoms with E-state index in [0.29, 0.717) is 16.9 Å². The molecule has 0 aliphatic heterocycles. The molecule has 1 aromatic heterocycles. The molecule has 0 spiro atoms. The van der Waals surface area contributed by atoms with Gasteiger partial charge in [-0.2, -0.15) is 0 Å². The molecule has 2 aliphatic rings. The van der Waals surface area contributed by atoms with Crippen molar-refractivity contribution in [2.45, 2.75) is 51.2 Å². The Morgan fingerprint density at radius 3 is 2.75 bits per heavy atom. The molecule has 0 saturated heterocycles. The van der Waals surface area contributed by atoms with E-state index in [1.165, 1.54) is 29.3 Å². The number of hydrogen-bond acceptors (Lipinski definition) is 5. The fraction of sp³-hybridized carbons (Fsp3) is 0.550. The number of carbonyl (C=O) groups is 1. The first kappa shape index (κ1) is 19.8. The maximum atomic E-state index is 12.6. The summed E-state index contributed by atoms with van der Waals surface area (Å²) in [6.07, 6.45) is 3.55. The second-order valence-electron chi connectivity index (χ2n) is 8.68. The van der Waals surface area contributed by atoms with E-state index in [4.69, 9.17) is 5.84 Å². The Kier molecular flexibility index (Phi) is 4.98. The average molecular weight is 464 g/mol. The van der Waals surface area contributed by atoms with Crippen molar-refractivity contribution >= 4 is 33.6 Å². The van der Waals surface area contributed by atoms with Crippen molar-refractivity contribution in [3.8, 4) is 11.4 Å². The molecule has 2 aromatic rings. The predicted molar refractivity (Wildman–Crippen MR) is 115 cm³/mol. The van der Waals surface area contributed by atoms with Crippen LogP contribution in [0.25, 0.3) is 11.4 Å². The van der Waals surface area contributed by atoms with Crippen LogP contribution in [0.15, 0.2) is 33.9 Å². The van der Waals surface area contributed by atoms with Crippen molar-refractivity contribution in [3.05, 3.63) is 28.7 Å². The minimum absolute atomic E-state index is 0.0324. The molecule has 1 amide bonds. The molecule has 1 heterocycles. The molecule has 0 radical (unpaired) electrons. The Bertz CT molecular complexity index is 914. The topological polar surface area (TPSA) is 85.8 Å². The summed E-state index contributed by atoms with van der Waals surface area (Å²) in [6, 6.07) is 7.97. The molecule has 6 nitrogen and oxygen atoms in total. The van der Waals surface area contributed by atoms with Crippen molar-refractivity contribution < 1.29 is 4.79 Å². The number of carbonyl (C=O) groups excluding carboxylic acids is 1. The van der Waals surface area contributed by atoms with E-state index < -0.39 is 0 Å². The molecule has 3 atom stereocenters. The van der Waals surface area contributed by atoms with E-state index in [9.17, 15) is 4.79 Å². The lowest BCUT2D eigenvalue weighted by Gasteiger charge is -2.39. The number of halogens is 1. The number of aromatic nitrogens is 3. The second-order valence-corrected chi connectivity index (χ2v) is 10.5. The maximum Gasteiger partial charge on any atom is 0.230 e. The molecule has 4 rings (SSSR count). The van der Waals surface area contributed by atoms with Gasteiger partial charge >= 0.3 is 0 Å². The first-order valence-corrected chi connectivity index (χ1v) is 11.4.